The molecule has 2 heterocycles. The summed E-state index contributed by atoms with van der Waals surface area (Å²) in [6, 6.07) is 21.0. The van der Waals surface area contributed by atoms with E-state index in [1.807, 2.05) is 55.5 Å². The Labute approximate surface area is 258 Å². The summed E-state index contributed by atoms with van der Waals surface area (Å²) in [5, 5.41) is 17.0. The molecule has 0 atom stereocenters. The van der Waals surface area contributed by atoms with Gasteiger partial charge in [-0.05, 0) is 73.2 Å². The first-order valence-corrected chi connectivity index (χ1v) is 13.8. The Kier molecular flexibility index (Phi) is 9.36. The van der Waals surface area contributed by atoms with Crippen LogP contribution in [0, 0.1) is 6.92 Å². The van der Waals surface area contributed by atoms with E-state index in [1.165, 1.54) is 12.1 Å². The fraction of sp³-hybridized carbons (Fsp3) is 0.156. The quantitative estimate of drug-likeness (QED) is 0.172. The van der Waals surface area contributed by atoms with Gasteiger partial charge in [-0.15, -0.1) is 0 Å². The van der Waals surface area contributed by atoms with Crippen LogP contribution in [-0.2, 0) is 31.6 Å². The highest BCUT2D eigenvalue weighted by Gasteiger charge is 2.16. The molecular weight excluding hydrogens is 586 g/mol. The molecule has 0 saturated carbocycles. The molecule has 0 aliphatic heterocycles. The van der Waals surface area contributed by atoms with E-state index in [0.717, 1.165) is 16.8 Å². The zero-order valence-corrected chi connectivity index (χ0v) is 24.6. The van der Waals surface area contributed by atoms with Crippen LogP contribution in [0.5, 0.6) is 11.5 Å². The van der Waals surface area contributed by atoms with Gasteiger partial charge in [-0.2, -0.15) is 5.10 Å². The van der Waals surface area contributed by atoms with Crippen molar-refractivity contribution in [1.82, 2.24) is 19.7 Å². The standard InChI is InChI=1S/C32H28ClN5O6/c1-20-12-25(37-38(20)2)19-44-32(41)36-29-11-10-27(14-28(29)31(39)40)43-18-22-15-34-30(35-16-22)23-6-8-26(9-7-23)42-17-21-4-3-5-24(33)13-21/h3-16H,17-19H2,1-2H3,(H,36,41)(H,39,40). The zero-order chi connectivity index (χ0) is 31.1. The van der Waals surface area contributed by atoms with Gasteiger partial charge >= 0.3 is 12.1 Å². The van der Waals surface area contributed by atoms with Gasteiger partial charge < -0.3 is 19.3 Å². The second-order valence-electron chi connectivity index (χ2n) is 9.76. The van der Waals surface area contributed by atoms with Gasteiger partial charge in [0.2, 0.25) is 0 Å². The number of carboxylic acid groups (broad SMARTS) is 1. The molecule has 2 N–H and O–H groups in total. The molecule has 0 spiro atoms. The number of aromatic nitrogens is 4. The minimum Gasteiger partial charge on any atom is -0.489 e. The molecule has 0 aliphatic carbocycles. The first-order valence-electron chi connectivity index (χ1n) is 13.5. The monoisotopic (exact) mass is 613 g/mol. The lowest BCUT2D eigenvalue weighted by atomic mass is 10.1. The summed E-state index contributed by atoms with van der Waals surface area (Å²) < 4.78 is 18.4. The van der Waals surface area contributed by atoms with Crippen LogP contribution in [-0.4, -0.2) is 36.9 Å². The van der Waals surface area contributed by atoms with Crippen molar-refractivity contribution < 1.29 is 28.9 Å². The number of hydrogen-bond acceptors (Lipinski definition) is 8. The average Bonchev–Trinajstić information content (AvgIpc) is 3.35. The Morgan fingerprint density at radius 1 is 0.886 bits per heavy atom. The number of carbonyl (C=O) groups excluding carboxylic acids is 1. The van der Waals surface area contributed by atoms with Crippen LogP contribution >= 0.6 is 11.6 Å². The number of amides is 1. The molecule has 0 bridgehead atoms. The van der Waals surface area contributed by atoms with Crippen LogP contribution < -0.4 is 14.8 Å². The first kappa shape index (κ1) is 30.1. The molecule has 12 heteroatoms. The van der Waals surface area contributed by atoms with E-state index in [0.29, 0.717) is 40.2 Å². The van der Waals surface area contributed by atoms with Gasteiger partial charge in [0.15, 0.2) is 5.82 Å². The van der Waals surface area contributed by atoms with E-state index < -0.39 is 12.1 Å². The summed E-state index contributed by atoms with van der Waals surface area (Å²) in [5.74, 6) is 0.295. The third-order valence-electron chi connectivity index (χ3n) is 6.49. The van der Waals surface area contributed by atoms with E-state index in [9.17, 15) is 14.7 Å². The summed E-state index contributed by atoms with van der Waals surface area (Å²) in [5.41, 5.74) is 3.88. The Hall–Kier alpha value is -5.42. The lowest BCUT2D eigenvalue weighted by Gasteiger charge is -2.12. The number of carboxylic acids is 1. The predicted molar refractivity (Wildman–Crippen MR) is 163 cm³/mol. The van der Waals surface area contributed by atoms with Gasteiger partial charge in [0.25, 0.3) is 0 Å². The van der Waals surface area contributed by atoms with Gasteiger partial charge in [-0.1, -0.05) is 23.7 Å². The third-order valence-corrected chi connectivity index (χ3v) is 6.73. The molecule has 11 nitrogen and oxygen atoms in total. The van der Waals surface area contributed by atoms with Crippen LogP contribution in [0.1, 0.15) is 32.9 Å². The molecular formula is C32H28ClN5O6. The SMILES string of the molecule is Cc1cc(COC(=O)Nc2ccc(OCc3cnc(-c4ccc(OCc5cccc(Cl)c5)cc4)nc3)cc2C(=O)O)nn1C. The largest absolute Gasteiger partial charge is 0.489 e. The molecule has 1 amide bonds. The summed E-state index contributed by atoms with van der Waals surface area (Å²) >= 11 is 6.03. The van der Waals surface area contributed by atoms with E-state index in [2.05, 4.69) is 20.4 Å². The van der Waals surface area contributed by atoms with Crippen molar-refractivity contribution >= 4 is 29.4 Å². The van der Waals surface area contributed by atoms with Crippen LogP contribution in [0.4, 0.5) is 10.5 Å². The lowest BCUT2D eigenvalue weighted by molar-refractivity contribution is 0.0697. The molecule has 3 aromatic carbocycles. The van der Waals surface area contributed by atoms with Crippen molar-refractivity contribution in [3.8, 4) is 22.9 Å². The van der Waals surface area contributed by atoms with Gasteiger partial charge in [0.1, 0.15) is 37.0 Å². The van der Waals surface area contributed by atoms with Gasteiger partial charge in [0, 0.05) is 41.3 Å². The third kappa shape index (κ3) is 7.90. The van der Waals surface area contributed by atoms with Crippen molar-refractivity contribution in [2.45, 2.75) is 26.7 Å². The number of ether oxygens (including phenoxy) is 3. The number of halogens is 1. The normalized spacial score (nSPS) is 10.7. The highest BCUT2D eigenvalue weighted by Crippen LogP contribution is 2.24. The van der Waals surface area contributed by atoms with E-state index >= 15 is 0 Å². The predicted octanol–water partition coefficient (Wildman–Crippen LogP) is 6.44. The Balaban J connectivity index is 1.14. The minimum absolute atomic E-state index is 0.0531. The molecule has 0 fully saturated rings. The second kappa shape index (κ2) is 13.7. The molecule has 2 aromatic heterocycles. The smallest absolute Gasteiger partial charge is 0.412 e. The topological polar surface area (TPSA) is 138 Å². The summed E-state index contributed by atoms with van der Waals surface area (Å²) in [6.45, 7) is 2.33. The first-order chi connectivity index (χ1) is 21.2. The summed E-state index contributed by atoms with van der Waals surface area (Å²) in [4.78, 5) is 33.0. The number of nitrogens with zero attached hydrogens (tertiary/aromatic N) is 4. The maximum absolute atomic E-state index is 12.3. The number of benzene rings is 3. The molecule has 0 unspecified atom stereocenters. The molecule has 0 aliphatic rings. The fourth-order valence-corrected chi connectivity index (χ4v) is 4.34. The van der Waals surface area contributed by atoms with Crippen LogP contribution in [0.25, 0.3) is 11.4 Å². The number of anilines is 1. The molecule has 0 saturated heterocycles. The van der Waals surface area contributed by atoms with Crippen molar-refractivity contribution in [3.63, 3.8) is 0 Å². The summed E-state index contributed by atoms with van der Waals surface area (Å²) in [7, 11) is 1.78. The van der Waals surface area contributed by atoms with Crippen LogP contribution in [0.3, 0.4) is 0 Å². The Morgan fingerprint density at radius 3 is 2.27 bits per heavy atom. The maximum atomic E-state index is 12.3. The van der Waals surface area contributed by atoms with Gasteiger partial charge in [0.05, 0.1) is 11.3 Å². The molecule has 224 valence electrons. The molecule has 44 heavy (non-hydrogen) atoms. The Morgan fingerprint density at radius 2 is 1.59 bits per heavy atom. The van der Waals surface area contributed by atoms with Crippen LogP contribution in [0.2, 0.25) is 5.02 Å². The number of aryl methyl sites for hydroxylation is 2. The molecule has 0 radical (unpaired) electrons. The average molecular weight is 614 g/mol. The van der Waals surface area contributed by atoms with Gasteiger partial charge in [-0.3, -0.25) is 10.00 Å². The number of aromatic carboxylic acids is 1. The highest BCUT2D eigenvalue weighted by atomic mass is 35.5. The van der Waals surface area contributed by atoms with Crippen molar-refractivity contribution in [3.05, 3.63) is 118 Å². The minimum atomic E-state index is -1.24. The van der Waals surface area contributed by atoms with E-state index in [-0.39, 0.29) is 24.5 Å². The van der Waals surface area contributed by atoms with Crippen molar-refractivity contribution in [2.24, 2.45) is 7.05 Å². The lowest BCUT2D eigenvalue weighted by Crippen LogP contribution is -2.16. The van der Waals surface area contributed by atoms with Gasteiger partial charge in [-0.25, -0.2) is 19.6 Å². The second-order valence-corrected chi connectivity index (χ2v) is 10.2. The summed E-state index contributed by atoms with van der Waals surface area (Å²) in [6.07, 6.45) is 2.47. The molecule has 5 rings (SSSR count). The number of hydrogen-bond donors (Lipinski definition) is 2. The van der Waals surface area contributed by atoms with Crippen LogP contribution in [0.15, 0.2) is 85.2 Å². The number of rotatable bonds is 11. The van der Waals surface area contributed by atoms with Crippen molar-refractivity contribution in [1.29, 1.82) is 0 Å². The zero-order valence-electron chi connectivity index (χ0n) is 23.9. The Bertz CT molecular complexity index is 1750. The van der Waals surface area contributed by atoms with Crippen molar-refractivity contribution in [2.75, 3.05) is 5.32 Å². The number of carbonyl (C=O) groups is 2. The molecule has 5 aromatic rings. The maximum Gasteiger partial charge on any atom is 0.412 e. The number of nitrogens with one attached hydrogen (secondary N) is 1. The van der Waals surface area contributed by atoms with E-state index in [1.54, 1.807) is 36.3 Å². The van der Waals surface area contributed by atoms with E-state index in [4.69, 9.17) is 25.8 Å². The highest BCUT2D eigenvalue weighted by molar-refractivity contribution is 6.30. The fourth-order valence-electron chi connectivity index (χ4n) is 4.13.